The molecule has 1 aromatic rings. The standard InChI is InChI=1S/C16H22N2O2/c1-2-18(13-6-7-13)16(19)11-20-14-8-5-12-4-3-9-17-15(12)10-14/h5,8,10,13,17H,2-4,6-7,9,11H2,1H3. The third kappa shape index (κ3) is 2.89. The smallest absolute Gasteiger partial charge is 0.260 e. The Bertz CT molecular complexity index is 497. The van der Waals surface area contributed by atoms with Gasteiger partial charge in [0.1, 0.15) is 5.75 Å². The lowest BCUT2D eigenvalue weighted by atomic mass is 10.0. The fourth-order valence-corrected chi connectivity index (χ4v) is 2.78. The third-order valence-electron chi connectivity index (χ3n) is 4.03. The first-order chi connectivity index (χ1) is 9.78. The number of fused-ring (bicyclic) bond motifs is 1. The fourth-order valence-electron chi connectivity index (χ4n) is 2.78. The maximum atomic E-state index is 12.1. The van der Waals surface area contributed by atoms with E-state index in [1.165, 1.54) is 12.0 Å². The van der Waals surface area contributed by atoms with Gasteiger partial charge in [-0.05, 0) is 44.2 Å². The molecule has 4 heteroatoms. The predicted molar refractivity (Wildman–Crippen MR) is 79.2 cm³/mol. The lowest BCUT2D eigenvalue weighted by molar-refractivity contribution is -0.133. The van der Waals surface area contributed by atoms with Crippen LogP contribution in [0.25, 0.3) is 0 Å². The Labute approximate surface area is 120 Å². The second kappa shape index (κ2) is 5.73. The normalized spacial score (nSPS) is 17.1. The van der Waals surface area contributed by atoms with Gasteiger partial charge in [0.2, 0.25) is 0 Å². The molecule has 1 N–H and O–H groups in total. The zero-order chi connectivity index (χ0) is 13.9. The van der Waals surface area contributed by atoms with Gasteiger partial charge in [-0.25, -0.2) is 0 Å². The third-order valence-corrected chi connectivity index (χ3v) is 4.03. The van der Waals surface area contributed by atoms with Crippen molar-refractivity contribution in [2.24, 2.45) is 0 Å². The molecule has 1 saturated carbocycles. The number of hydrogen-bond donors (Lipinski definition) is 1. The quantitative estimate of drug-likeness (QED) is 0.896. The van der Waals surface area contributed by atoms with Crippen molar-refractivity contribution in [3.8, 4) is 5.75 Å². The minimum Gasteiger partial charge on any atom is -0.484 e. The molecule has 1 aromatic carbocycles. The van der Waals surface area contributed by atoms with Gasteiger partial charge in [-0.1, -0.05) is 6.07 Å². The van der Waals surface area contributed by atoms with Gasteiger partial charge in [-0.3, -0.25) is 4.79 Å². The van der Waals surface area contributed by atoms with Crippen LogP contribution in [0.3, 0.4) is 0 Å². The summed E-state index contributed by atoms with van der Waals surface area (Å²) in [6.45, 7) is 3.96. The number of likely N-dealkylation sites (N-methyl/N-ethyl adjacent to an activating group) is 1. The number of ether oxygens (including phenoxy) is 1. The van der Waals surface area contributed by atoms with E-state index in [0.29, 0.717) is 6.04 Å². The molecular weight excluding hydrogens is 252 g/mol. The molecule has 1 fully saturated rings. The van der Waals surface area contributed by atoms with Crippen molar-refractivity contribution in [3.05, 3.63) is 23.8 Å². The van der Waals surface area contributed by atoms with Crippen molar-refractivity contribution in [1.29, 1.82) is 0 Å². The number of carbonyl (C=O) groups is 1. The van der Waals surface area contributed by atoms with Crippen LogP contribution in [0.4, 0.5) is 5.69 Å². The molecule has 3 rings (SSSR count). The Balaban J connectivity index is 1.59. The lowest BCUT2D eigenvalue weighted by Crippen LogP contribution is -2.36. The first kappa shape index (κ1) is 13.3. The van der Waals surface area contributed by atoms with Crippen LogP contribution < -0.4 is 10.1 Å². The molecule has 0 aromatic heterocycles. The molecule has 1 amide bonds. The van der Waals surface area contributed by atoms with E-state index in [-0.39, 0.29) is 12.5 Å². The second-order valence-corrected chi connectivity index (χ2v) is 5.55. The highest BCUT2D eigenvalue weighted by molar-refractivity contribution is 5.78. The summed E-state index contributed by atoms with van der Waals surface area (Å²) in [6, 6.07) is 6.53. The largest absolute Gasteiger partial charge is 0.484 e. The minimum atomic E-state index is 0.0979. The van der Waals surface area contributed by atoms with Crippen molar-refractivity contribution >= 4 is 11.6 Å². The van der Waals surface area contributed by atoms with Crippen molar-refractivity contribution < 1.29 is 9.53 Å². The highest BCUT2D eigenvalue weighted by Gasteiger charge is 2.31. The van der Waals surface area contributed by atoms with E-state index in [2.05, 4.69) is 11.4 Å². The minimum absolute atomic E-state index is 0.0979. The Morgan fingerprint density at radius 3 is 3.05 bits per heavy atom. The number of anilines is 1. The number of amides is 1. The highest BCUT2D eigenvalue weighted by Crippen LogP contribution is 2.28. The summed E-state index contributed by atoms with van der Waals surface area (Å²) in [5.74, 6) is 0.874. The number of aryl methyl sites for hydroxylation is 1. The topological polar surface area (TPSA) is 41.6 Å². The van der Waals surface area contributed by atoms with Gasteiger partial charge in [0, 0.05) is 30.9 Å². The first-order valence-electron chi connectivity index (χ1n) is 7.57. The van der Waals surface area contributed by atoms with Gasteiger partial charge in [0.05, 0.1) is 0 Å². The number of benzene rings is 1. The molecule has 2 aliphatic rings. The van der Waals surface area contributed by atoms with Crippen LogP contribution in [0.5, 0.6) is 5.75 Å². The second-order valence-electron chi connectivity index (χ2n) is 5.55. The monoisotopic (exact) mass is 274 g/mol. The van der Waals surface area contributed by atoms with Gasteiger partial charge < -0.3 is 15.0 Å². The highest BCUT2D eigenvalue weighted by atomic mass is 16.5. The molecule has 0 unspecified atom stereocenters. The van der Waals surface area contributed by atoms with Gasteiger partial charge in [0.25, 0.3) is 5.91 Å². The average molecular weight is 274 g/mol. The average Bonchev–Trinajstić information content (AvgIpc) is 3.30. The molecule has 0 bridgehead atoms. The number of nitrogens with one attached hydrogen (secondary N) is 1. The number of rotatable bonds is 5. The van der Waals surface area contributed by atoms with E-state index < -0.39 is 0 Å². The van der Waals surface area contributed by atoms with Gasteiger partial charge in [-0.15, -0.1) is 0 Å². The molecule has 0 saturated heterocycles. The van der Waals surface area contributed by atoms with Gasteiger partial charge in [-0.2, -0.15) is 0 Å². The maximum Gasteiger partial charge on any atom is 0.260 e. The van der Waals surface area contributed by atoms with Crippen LogP contribution in [0.15, 0.2) is 18.2 Å². The molecule has 4 nitrogen and oxygen atoms in total. The fraction of sp³-hybridized carbons (Fsp3) is 0.562. The van der Waals surface area contributed by atoms with Crippen LogP contribution in [-0.2, 0) is 11.2 Å². The Morgan fingerprint density at radius 1 is 1.45 bits per heavy atom. The molecule has 108 valence electrons. The van der Waals surface area contributed by atoms with E-state index in [4.69, 9.17) is 4.74 Å². The molecule has 0 spiro atoms. The summed E-state index contributed by atoms with van der Waals surface area (Å²) in [5, 5.41) is 3.38. The number of nitrogens with zero attached hydrogens (tertiary/aromatic N) is 1. The number of carbonyl (C=O) groups excluding carboxylic acids is 1. The Hall–Kier alpha value is -1.71. The zero-order valence-electron chi connectivity index (χ0n) is 12.0. The van der Waals surface area contributed by atoms with E-state index >= 15 is 0 Å². The SMILES string of the molecule is CCN(C(=O)COc1ccc2c(c1)NCCC2)C1CC1. The van der Waals surface area contributed by atoms with E-state index in [0.717, 1.165) is 43.8 Å². The van der Waals surface area contributed by atoms with Crippen molar-refractivity contribution in [3.63, 3.8) is 0 Å². The summed E-state index contributed by atoms with van der Waals surface area (Å²) in [4.78, 5) is 14.0. The van der Waals surface area contributed by atoms with Crippen molar-refractivity contribution in [1.82, 2.24) is 4.90 Å². The van der Waals surface area contributed by atoms with E-state index in [1.807, 2.05) is 24.0 Å². The molecule has 1 aliphatic heterocycles. The van der Waals surface area contributed by atoms with Crippen molar-refractivity contribution in [2.45, 2.75) is 38.6 Å². The molecule has 1 heterocycles. The summed E-state index contributed by atoms with van der Waals surface area (Å²) >= 11 is 0. The zero-order valence-corrected chi connectivity index (χ0v) is 12.0. The van der Waals surface area contributed by atoms with Crippen LogP contribution >= 0.6 is 0 Å². The van der Waals surface area contributed by atoms with E-state index in [1.54, 1.807) is 0 Å². The molecule has 0 atom stereocenters. The molecule has 0 radical (unpaired) electrons. The van der Waals surface area contributed by atoms with E-state index in [9.17, 15) is 4.79 Å². The van der Waals surface area contributed by atoms with Crippen LogP contribution in [0, 0.1) is 0 Å². The summed E-state index contributed by atoms with van der Waals surface area (Å²) in [5.41, 5.74) is 2.49. The van der Waals surface area contributed by atoms with Crippen LogP contribution in [0.2, 0.25) is 0 Å². The molecule has 1 aliphatic carbocycles. The van der Waals surface area contributed by atoms with Gasteiger partial charge >= 0.3 is 0 Å². The maximum absolute atomic E-state index is 12.1. The predicted octanol–water partition coefficient (Wildman–Crippen LogP) is 2.43. The van der Waals surface area contributed by atoms with Crippen LogP contribution in [-0.4, -0.2) is 36.5 Å². The number of hydrogen-bond acceptors (Lipinski definition) is 3. The van der Waals surface area contributed by atoms with Crippen molar-refractivity contribution in [2.75, 3.05) is 25.0 Å². The summed E-state index contributed by atoms with van der Waals surface area (Å²) in [7, 11) is 0. The Kier molecular flexibility index (Phi) is 3.81. The summed E-state index contributed by atoms with van der Waals surface area (Å²) < 4.78 is 5.66. The molecule has 20 heavy (non-hydrogen) atoms. The lowest BCUT2D eigenvalue weighted by Gasteiger charge is -2.21. The Morgan fingerprint density at radius 2 is 2.30 bits per heavy atom. The van der Waals surface area contributed by atoms with Gasteiger partial charge in [0.15, 0.2) is 6.61 Å². The summed E-state index contributed by atoms with van der Waals surface area (Å²) in [6.07, 6.45) is 4.58. The van der Waals surface area contributed by atoms with Crippen LogP contribution in [0.1, 0.15) is 31.7 Å². The first-order valence-corrected chi connectivity index (χ1v) is 7.57. The molecular formula is C16H22N2O2.